The van der Waals surface area contributed by atoms with Crippen LogP contribution in [0.25, 0.3) is 0 Å². The third kappa shape index (κ3) is 3.10. The van der Waals surface area contributed by atoms with Gasteiger partial charge in [-0.3, -0.25) is 0 Å². The minimum absolute atomic E-state index is 0.932. The van der Waals surface area contributed by atoms with Crippen molar-refractivity contribution in [1.82, 2.24) is 14.9 Å². The summed E-state index contributed by atoms with van der Waals surface area (Å²) in [6, 6.07) is 0. The molecule has 0 saturated heterocycles. The van der Waals surface area contributed by atoms with Crippen molar-refractivity contribution < 1.29 is 0 Å². The first-order chi connectivity index (χ1) is 7.75. The summed E-state index contributed by atoms with van der Waals surface area (Å²) in [6.45, 7) is 4.06. The topological polar surface area (TPSA) is 29.0 Å². The van der Waals surface area contributed by atoms with Crippen LogP contribution in [0.3, 0.4) is 0 Å². The largest absolute Gasteiger partial charge is 0.300 e. The van der Waals surface area contributed by atoms with E-state index in [-0.39, 0.29) is 0 Å². The van der Waals surface area contributed by atoms with Gasteiger partial charge in [-0.25, -0.2) is 9.97 Å². The summed E-state index contributed by atoms with van der Waals surface area (Å²) in [4.78, 5) is 12.2. The van der Waals surface area contributed by atoms with Crippen molar-refractivity contribution in [3.63, 3.8) is 0 Å². The molecule has 0 unspecified atom stereocenters. The summed E-state index contributed by atoms with van der Waals surface area (Å²) in [5, 5.41) is 2.11. The Labute approximate surface area is 104 Å². The number of rotatable bonds is 5. The molecule has 0 amide bonds. The predicted molar refractivity (Wildman–Crippen MR) is 69.0 cm³/mol. The molecule has 0 atom stereocenters. The number of aromatic nitrogens is 2. The van der Waals surface area contributed by atoms with Crippen LogP contribution in [0.2, 0.25) is 0 Å². The van der Waals surface area contributed by atoms with Gasteiger partial charge in [0.25, 0.3) is 0 Å². The molecule has 0 radical (unpaired) electrons. The summed E-state index contributed by atoms with van der Waals surface area (Å²) in [6.07, 6.45) is 1.08. The van der Waals surface area contributed by atoms with E-state index in [1.165, 1.54) is 10.6 Å². The van der Waals surface area contributed by atoms with Crippen LogP contribution in [0.1, 0.15) is 16.3 Å². The fourth-order valence-electron chi connectivity index (χ4n) is 1.53. The lowest BCUT2D eigenvalue weighted by Crippen LogP contribution is -2.20. The summed E-state index contributed by atoms with van der Waals surface area (Å²) in [5.41, 5.74) is 6.14. The summed E-state index contributed by atoms with van der Waals surface area (Å²) in [7, 11) is 2.13. The summed E-state index contributed by atoms with van der Waals surface area (Å²) < 4.78 is 0. The highest BCUT2D eigenvalue weighted by atomic mass is 32.1. The Morgan fingerprint density at radius 3 is 2.81 bits per heavy atom. The molecule has 0 bridgehead atoms. The quantitative estimate of drug-likeness (QED) is 0.820. The average Bonchev–Trinajstić information content (AvgIpc) is 2.87. The first-order valence-electron chi connectivity index (χ1n) is 5.20. The molecule has 0 aliphatic carbocycles. The molecule has 2 aromatic rings. The van der Waals surface area contributed by atoms with Gasteiger partial charge in [-0.2, -0.15) is 0 Å². The SMILES string of the molecule is Cc1ncsc1CCN(C)Cc1cscn1. The standard InChI is InChI=1S/C11H15N3S2/c1-9-11(16-8-12-9)3-4-14(2)5-10-6-15-7-13-10/h6-8H,3-5H2,1-2H3. The lowest BCUT2D eigenvalue weighted by atomic mass is 10.3. The maximum Gasteiger partial charge on any atom is 0.0797 e. The average molecular weight is 253 g/mol. The molecule has 0 aromatic carbocycles. The Balaban J connectivity index is 1.80. The van der Waals surface area contributed by atoms with E-state index in [1.54, 1.807) is 22.7 Å². The van der Waals surface area contributed by atoms with E-state index in [4.69, 9.17) is 0 Å². The zero-order chi connectivity index (χ0) is 11.4. The molecule has 86 valence electrons. The zero-order valence-electron chi connectivity index (χ0n) is 9.51. The van der Waals surface area contributed by atoms with Crippen LogP contribution in [0.4, 0.5) is 0 Å². The van der Waals surface area contributed by atoms with Gasteiger partial charge >= 0.3 is 0 Å². The Hall–Kier alpha value is -0.780. The van der Waals surface area contributed by atoms with Gasteiger partial charge in [0.15, 0.2) is 0 Å². The summed E-state index contributed by atoms with van der Waals surface area (Å²) >= 11 is 3.40. The van der Waals surface area contributed by atoms with Crippen molar-refractivity contribution in [1.29, 1.82) is 0 Å². The van der Waals surface area contributed by atoms with Gasteiger partial charge in [0.2, 0.25) is 0 Å². The fraction of sp³-hybridized carbons (Fsp3) is 0.455. The number of hydrogen-bond acceptors (Lipinski definition) is 5. The van der Waals surface area contributed by atoms with Crippen LogP contribution in [0.5, 0.6) is 0 Å². The minimum Gasteiger partial charge on any atom is -0.300 e. The van der Waals surface area contributed by atoms with E-state index < -0.39 is 0 Å². The molecule has 2 aromatic heterocycles. The Kier molecular flexibility index (Phi) is 4.04. The molecule has 3 nitrogen and oxygen atoms in total. The lowest BCUT2D eigenvalue weighted by molar-refractivity contribution is 0.328. The van der Waals surface area contributed by atoms with E-state index in [0.29, 0.717) is 0 Å². The van der Waals surface area contributed by atoms with Crippen LogP contribution in [-0.4, -0.2) is 28.5 Å². The molecule has 16 heavy (non-hydrogen) atoms. The highest BCUT2D eigenvalue weighted by Crippen LogP contribution is 2.13. The Bertz CT molecular complexity index is 422. The number of hydrogen-bond donors (Lipinski definition) is 0. The van der Waals surface area contributed by atoms with Crippen LogP contribution < -0.4 is 0 Å². The second kappa shape index (κ2) is 5.52. The molecule has 0 aliphatic rings. The third-order valence-corrected chi connectivity index (χ3v) is 4.11. The second-order valence-electron chi connectivity index (χ2n) is 3.83. The van der Waals surface area contributed by atoms with Gasteiger partial charge in [0.05, 0.1) is 22.4 Å². The highest BCUT2D eigenvalue weighted by Gasteiger charge is 2.05. The molecule has 5 heteroatoms. The van der Waals surface area contributed by atoms with E-state index in [9.17, 15) is 0 Å². The molecule has 0 N–H and O–H groups in total. The first-order valence-corrected chi connectivity index (χ1v) is 7.02. The Morgan fingerprint density at radius 1 is 1.31 bits per heavy atom. The number of thiazole rings is 2. The van der Waals surface area contributed by atoms with Gasteiger partial charge in [-0.15, -0.1) is 22.7 Å². The van der Waals surface area contributed by atoms with Crippen molar-refractivity contribution in [2.45, 2.75) is 19.9 Å². The molecule has 0 aliphatic heterocycles. The normalized spacial score (nSPS) is 11.2. The van der Waals surface area contributed by atoms with Crippen LogP contribution >= 0.6 is 22.7 Å². The lowest BCUT2D eigenvalue weighted by Gasteiger charge is -2.14. The number of nitrogens with zero attached hydrogens (tertiary/aromatic N) is 3. The number of aryl methyl sites for hydroxylation is 1. The summed E-state index contributed by atoms with van der Waals surface area (Å²) in [5.74, 6) is 0. The van der Waals surface area contributed by atoms with Crippen LogP contribution in [0, 0.1) is 6.92 Å². The van der Waals surface area contributed by atoms with Gasteiger partial charge < -0.3 is 4.90 Å². The monoisotopic (exact) mass is 253 g/mol. The predicted octanol–water partition coefficient (Wildman–Crippen LogP) is 2.58. The third-order valence-electron chi connectivity index (χ3n) is 2.48. The van der Waals surface area contributed by atoms with Crippen molar-refractivity contribution in [3.05, 3.63) is 32.7 Å². The minimum atomic E-state index is 0.932. The van der Waals surface area contributed by atoms with Crippen molar-refractivity contribution in [2.24, 2.45) is 0 Å². The molecule has 2 rings (SSSR count). The van der Waals surface area contributed by atoms with Gasteiger partial charge in [-0.1, -0.05) is 0 Å². The van der Waals surface area contributed by atoms with Crippen molar-refractivity contribution >= 4 is 22.7 Å². The zero-order valence-corrected chi connectivity index (χ0v) is 11.1. The molecular weight excluding hydrogens is 238 g/mol. The van der Waals surface area contributed by atoms with E-state index in [1.807, 2.05) is 11.0 Å². The fourth-order valence-corrected chi connectivity index (χ4v) is 2.85. The van der Waals surface area contributed by atoms with E-state index in [0.717, 1.165) is 25.2 Å². The highest BCUT2D eigenvalue weighted by molar-refractivity contribution is 7.09. The van der Waals surface area contributed by atoms with Gasteiger partial charge in [0.1, 0.15) is 0 Å². The smallest absolute Gasteiger partial charge is 0.0797 e. The van der Waals surface area contributed by atoms with Crippen LogP contribution in [0.15, 0.2) is 16.4 Å². The molecule has 0 fully saturated rings. The first kappa shape index (κ1) is 11.7. The van der Waals surface area contributed by atoms with E-state index >= 15 is 0 Å². The van der Waals surface area contributed by atoms with E-state index in [2.05, 4.69) is 34.2 Å². The molecule has 0 spiro atoms. The van der Waals surface area contributed by atoms with Crippen LogP contribution in [-0.2, 0) is 13.0 Å². The Morgan fingerprint density at radius 2 is 2.19 bits per heavy atom. The van der Waals surface area contributed by atoms with Gasteiger partial charge in [0, 0.05) is 23.3 Å². The molecule has 2 heterocycles. The van der Waals surface area contributed by atoms with Crippen molar-refractivity contribution in [2.75, 3.05) is 13.6 Å². The molecular formula is C11H15N3S2. The van der Waals surface area contributed by atoms with Gasteiger partial charge in [-0.05, 0) is 20.4 Å². The molecule has 0 saturated carbocycles. The van der Waals surface area contributed by atoms with Crippen molar-refractivity contribution in [3.8, 4) is 0 Å². The maximum atomic E-state index is 4.29. The second-order valence-corrected chi connectivity index (χ2v) is 5.49. The maximum absolute atomic E-state index is 4.29. The number of likely N-dealkylation sites (N-methyl/N-ethyl adjacent to an activating group) is 1.